The zero-order chi connectivity index (χ0) is 21.8. The Balaban J connectivity index is 1.85. The Kier molecular flexibility index (Phi) is 9.56. The Morgan fingerprint density at radius 1 is 1.03 bits per heavy atom. The molecule has 0 radical (unpaired) electrons. The SMILES string of the molecule is CCN(C)Cc1cccc(CNC(=O)CCC(=O)N(CCC#N)c2ccccc2)c1. The smallest absolute Gasteiger partial charge is 0.227 e. The van der Waals surface area contributed by atoms with Crippen LogP contribution in [-0.2, 0) is 22.7 Å². The van der Waals surface area contributed by atoms with E-state index in [4.69, 9.17) is 5.26 Å². The number of nitrogens with zero attached hydrogens (tertiary/aromatic N) is 3. The normalized spacial score (nSPS) is 10.5. The molecule has 0 bridgehead atoms. The number of hydrogen-bond acceptors (Lipinski definition) is 4. The van der Waals surface area contributed by atoms with Crippen LogP contribution in [-0.4, -0.2) is 36.9 Å². The standard InChI is InChI=1S/C24H30N4O2/c1-3-27(2)19-21-10-7-9-20(17-21)18-26-23(29)13-14-24(30)28(16-8-15-25)22-11-5-4-6-12-22/h4-7,9-12,17H,3,8,13-14,16,18-19H2,1-2H3,(H,26,29). The molecule has 0 aliphatic heterocycles. The molecule has 0 saturated carbocycles. The van der Waals surface area contributed by atoms with Gasteiger partial charge < -0.3 is 15.1 Å². The molecule has 0 unspecified atom stereocenters. The highest BCUT2D eigenvalue weighted by atomic mass is 16.2. The molecule has 2 aromatic rings. The minimum Gasteiger partial charge on any atom is -0.352 e. The fourth-order valence-corrected chi connectivity index (χ4v) is 3.07. The Morgan fingerprint density at radius 2 is 1.77 bits per heavy atom. The Labute approximate surface area is 179 Å². The highest BCUT2D eigenvalue weighted by Crippen LogP contribution is 2.15. The average molecular weight is 407 g/mol. The van der Waals surface area contributed by atoms with Gasteiger partial charge in [0, 0.05) is 38.2 Å². The first-order valence-electron chi connectivity index (χ1n) is 10.3. The zero-order valence-corrected chi connectivity index (χ0v) is 17.8. The lowest BCUT2D eigenvalue weighted by atomic mass is 10.1. The molecule has 2 rings (SSSR count). The van der Waals surface area contributed by atoms with Gasteiger partial charge in [-0.3, -0.25) is 9.59 Å². The van der Waals surface area contributed by atoms with E-state index in [0.29, 0.717) is 13.1 Å². The molecule has 0 spiro atoms. The van der Waals surface area contributed by atoms with E-state index in [-0.39, 0.29) is 31.1 Å². The highest BCUT2D eigenvalue weighted by molar-refractivity contribution is 5.95. The van der Waals surface area contributed by atoms with Crippen molar-refractivity contribution in [3.63, 3.8) is 0 Å². The van der Waals surface area contributed by atoms with Crippen molar-refractivity contribution >= 4 is 17.5 Å². The van der Waals surface area contributed by atoms with Crippen molar-refractivity contribution in [1.29, 1.82) is 5.26 Å². The van der Waals surface area contributed by atoms with Crippen LogP contribution in [0.25, 0.3) is 0 Å². The number of carbonyl (C=O) groups is 2. The van der Waals surface area contributed by atoms with E-state index in [0.717, 1.165) is 24.3 Å². The first-order valence-corrected chi connectivity index (χ1v) is 10.3. The van der Waals surface area contributed by atoms with Crippen LogP contribution in [0.3, 0.4) is 0 Å². The molecule has 0 heterocycles. The lowest BCUT2D eigenvalue weighted by molar-refractivity contribution is -0.125. The predicted molar refractivity (Wildman–Crippen MR) is 119 cm³/mol. The number of amides is 2. The van der Waals surface area contributed by atoms with Crippen LogP contribution in [0.5, 0.6) is 0 Å². The molecule has 30 heavy (non-hydrogen) atoms. The lowest BCUT2D eigenvalue weighted by Crippen LogP contribution is -2.33. The molecule has 158 valence electrons. The minimum atomic E-state index is -0.160. The molecule has 6 nitrogen and oxygen atoms in total. The summed E-state index contributed by atoms with van der Waals surface area (Å²) in [6.45, 7) is 4.71. The van der Waals surface area contributed by atoms with Crippen molar-refractivity contribution in [1.82, 2.24) is 10.2 Å². The van der Waals surface area contributed by atoms with E-state index in [2.05, 4.69) is 42.4 Å². The van der Waals surface area contributed by atoms with Gasteiger partial charge >= 0.3 is 0 Å². The number of para-hydroxylation sites is 1. The van der Waals surface area contributed by atoms with E-state index in [1.807, 2.05) is 42.5 Å². The van der Waals surface area contributed by atoms with Crippen LogP contribution in [0.4, 0.5) is 5.69 Å². The van der Waals surface area contributed by atoms with Gasteiger partial charge in [0.1, 0.15) is 0 Å². The molecule has 0 atom stereocenters. The third kappa shape index (κ3) is 7.69. The number of anilines is 1. The summed E-state index contributed by atoms with van der Waals surface area (Å²) < 4.78 is 0. The fraction of sp³-hybridized carbons (Fsp3) is 0.375. The van der Waals surface area contributed by atoms with Crippen LogP contribution in [0.2, 0.25) is 0 Å². The van der Waals surface area contributed by atoms with Crippen molar-refractivity contribution in [2.24, 2.45) is 0 Å². The van der Waals surface area contributed by atoms with Crippen molar-refractivity contribution in [2.45, 2.75) is 39.3 Å². The summed E-state index contributed by atoms with van der Waals surface area (Å²) in [5.41, 5.74) is 2.99. The summed E-state index contributed by atoms with van der Waals surface area (Å²) in [4.78, 5) is 28.7. The summed E-state index contributed by atoms with van der Waals surface area (Å²) in [5, 5.41) is 11.8. The second-order valence-corrected chi connectivity index (χ2v) is 7.22. The van der Waals surface area contributed by atoms with E-state index in [1.165, 1.54) is 5.56 Å². The van der Waals surface area contributed by atoms with Crippen molar-refractivity contribution in [3.05, 3.63) is 65.7 Å². The molecule has 6 heteroatoms. The van der Waals surface area contributed by atoms with Crippen LogP contribution < -0.4 is 10.2 Å². The average Bonchev–Trinajstić information content (AvgIpc) is 2.77. The second-order valence-electron chi connectivity index (χ2n) is 7.22. The first-order chi connectivity index (χ1) is 14.5. The Hall–Kier alpha value is -3.17. The summed E-state index contributed by atoms with van der Waals surface area (Å²) in [7, 11) is 2.07. The molecule has 0 aliphatic rings. The lowest BCUT2D eigenvalue weighted by Gasteiger charge is -2.21. The summed E-state index contributed by atoms with van der Waals surface area (Å²) in [6.07, 6.45) is 0.469. The molecule has 0 aliphatic carbocycles. The van der Waals surface area contributed by atoms with E-state index >= 15 is 0 Å². The first kappa shape index (κ1) is 23.1. The monoisotopic (exact) mass is 406 g/mol. The zero-order valence-electron chi connectivity index (χ0n) is 17.8. The molecule has 0 saturated heterocycles. The van der Waals surface area contributed by atoms with Gasteiger partial charge in [-0.15, -0.1) is 0 Å². The van der Waals surface area contributed by atoms with Crippen LogP contribution >= 0.6 is 0 Å². The van der Waals surface area contributed by atoms with Gasteiger partial charge in [0.25, 0.3) is 0 Å². The molecule has 0 fully saturated rings. The number of nitrogens with one attached hydrogen (secondary N) is 1. The van der Waals surface area contributed by atoms with Crippen molar-refractivity contribution in [2.75, 3.05) is 25.0 Å². The van der Waals surface area contributed by atoms with Gasteiger partial charge in [-0.05, 0) is 36.9 Å². The van der Waals surface area contributed by atoms with E-state index in [9.17, 15) is 9.59 Å². The molecule has 2 aromatic carbocycles. The van der Waals surface area contributed by atoms with E-state index in [1.54, 1.807) is 4.90 Å². The Morgan fingerprint density at radius 3 is 2.47 bits per heavy atom. The topological polar surface area (TPSA) is 76.4 Å². The maximum Gasteiger partial charge on any atom is 0.227 e. The van der Waals surface area contributed by atoms with Gasteiger partial charge in [0.15, 0.2) is 0 Å². The van der Waals surface area contributed by atoms with Gasteiger partial charge in [0.2, 0.25) is 11.8 Å². The number of nitriles is 1. The quantitative estimate of drug-likeness (QED) is 0.620. The number of hydrogen-bond donors (Lipinski definition) is 1. The molecule has 0 aromatic heterocycles. The largest absolute Gasteiger partial charge is 0.352 e. The van der Waals surface area contributed by atoms with Crippen molar-refractivity contribution < 1.29 is 9.59 Å². The maximum atomic E-state index is 12.6. The van der Waals surface area contributed by atoms with Crippen LogP contribution in [0, 0.1) is 11.3 Å². The fourth-order valence-electron chi connectivity index (χ4n) is 3.07. The number of rotatable bonds is 11. The number of benzene rings is 2. The molecular formula is C24H30N4O2. The molecule has 2 amide bonds. The Bertz CT molecular complexity index is 861. The summed E-state index contributed by atoms with van der Waals surface area (Å²) in [5.74, 6) is -0.316. The molecular weight excluding hydrogens is 376 g/mol. The van der Waals surface area contributed by atoms with Gasteiger partial charge in [0.05, 0.1) is 12.5 Å². The van der Waals surface area contributed by atoms with Crippen LogP contribution in [0.15, 0.2) is 54.6 Å². The second kappa shape index (κ2) is 12.4. The van der Waals surface area contributed by atoms with E-state index < -0.39 is 0 Å². The highest BCUT2D eigenvalue weighted by Gasteiger charge is 2.16. The predicted octanol–water partition coefficient (Wildman–Crippen LogP) is 3.48. The van der Waals surface area contributed by atoms with Crippen LogP contribution in [0.1, 0.15) is 37.3 Å². The summed E-state index contributed by atoms with van der Waals surface area (Å²) in [6, 6.07) is 19.5. The third-order valence-electron chi connectivity index (χ3n) is 4.86. The number of carbonyl (C=O) groups excluding carboxylic acids is 2. The minimum absolute atomic E-state index is 0.105. The van der Waals surface area contributed by atoms with Crippen molar-refractivity contribution in [3.8, 4) is 6.07 Å². The third-order valence-corrected chi connectivity index (χ3v) is 4.86. The molecule has 1 N–H and O–H groups in total. The van der Waals surface area contributed by atoms with Gasteiger partial charge in [-0.2, -0.15) is 5.26 Å². The van der Waals surface area contributed by atoms with Gasteiger partial charge in [-0.25, -0.2) is 0 Å². The van der Waals surface area contributed by atoms with Gasteiger partial charge in [-0.1, -0.05) is 49.4 Å². The summed E-state index contributed by atoms with van der Waals surface area (Å²) >= 11 is 0. The maximum absolute atomic E-state index is 12.6.